The molecule has 1 aromatic carbocycles. The smallest absolute Gasteiger partial charge is 0.163 e. The van der Waals surface area contributed by atoms with Gasteiger partial charge in [0.2, 0.25) is 0 Å². The second-order valence-electron chi connectivity index (χ2n) is 7.54. The lowest BCUT2D eigenvalue weighted by molar-refractivity contribution is -0.0316. The molecule has 26 heavy (non-hydrogen) atoms. The van der Waals surface area contributed by atoms with Crippen LogP contribution in [0.2, 0.25) is 0 Å². The van der Waals surface area contributed by atoms with Crippen molar-refractivity contribution in [2.45, 2.75) is 63.7 Å². The van der Waals surface area contributed by atoms with Gasteiger partial charge in [0.25, 0.3) is 0 Å². The molecule has 1 N–H and O–H groups in total. The Hall–Kier alpha value is -1.43. The van der Waals surface area contributed by atoms with Gasteiger partial charge in [-0.05, 0) is 50.3 Å². The number of rotatable bonds is 7. The Labute approximate surface area is 156 Å². The Bertz CT molecular complexity index is 618. The van der Waals surface area contributed by atoms with Gasteiger partial charge in [-0.3, -0.25) is 9.69 Å². The Balaban J connectivity index is 1.55. The lowest BCUT2D eigenvalue weighted by Crippen LogP contribution is -2.46. The van der Waals surface area contributed by atoms with Crippen molar-refractivity contribution in [1.29, 1.82) is 0 Å². The molecule has 2 fully saturated rings. The number of Topliss-reactive ketones (excluding diaryl/α,β-unsaturated/α-hetero) is 1. The van der Waals surface area contributed by atoms with E-state index in [1.807, 2.05) is 18.2 Å². The summed E-state index contributed by atoms with van der Waals surface area (Å²) in [5, 5.41) is 9.83. The lowest BCUT2D eigenvalue weighted by atomic mass is 9.91. The highest BCUT2D eigenvalue weighted by Gasteiger charge is 2.34. The largest absolute Gasteiger partial charge is 0.496 e. The molecule has 0 radical (unpaired) electrons. The molecule has 3 atom stereocenters. The third-order valence-corrected chi connectivity index (χ3v) is 5.70. The predicted octanol–water partition coefficient (Wildman–Crippen LogP) is 2.83. The van der Waals surface area contributed by atoms with Gasteiger partial charge in [0.05, 0.1) is 31.5 Å². The highest BCUT2D eigenvalue weighted by molar-refractivity contribution is 5.96. The van der Waals surface area contributed by atoms with E-state index in [0.29, 0.717) is 24.0 Å². The average Bonchev–Trinajstić information content (AvgIpc) is 3.08. The van der Waals surface area contributed by atoms with E-state index in [0.717, 1.165) is 37.9 Å². The number of ether oxygens (including phenoxy) is 2. The number of hydrogen-bond donors (Lipinski definition) is 1. The maximum atomic E-state index is 11.6. The van der Waals surface area contributed by atoms with Crippen LogP contribution in [0.15, 0.2) is 18.2 Å². The first-order chi connectivity index (χ1) is 12.6. The predicted molar refractivity (Wildman–Crippen MR) is 101 cm³/mol. The highest BCUT2D eigenvalue weighted by atomic mass is 16.5. The lowest BCUT2D eigenvalue weighted by Gasteiger charge is -2.37. The van der Waals surface area contributed by atoms with Crippen molar-refractivity contribution in [1.82, 2.24) is 4.90 Å². The van der Waals surface area contributed by atoms with E-state index in [1.165, 1.54) is 19.3 Å². The summed E-state index contributed by atoms with van der Waals surface area (Å²) >= 11 is 0. The number of carbonyl (C=O) groups is 1. The molecule has 1 saturated carbocycles. The SMILES string of the molecule is COc1cc(CCOC2CCCCC2N2CCC(O)C2)ccc1C(C)=O. The first-order valence-corrected chi connectivity index (χ1v) is 9.80. The molecular weight excluding hydrogens is 330 g/mol. The van der Waals surface area contributed by atoms with Gasteiger partial charge >= 0.3 is 0 Å². The van der Waals surface area contributed by atoms with Gasteiger partial charge in [0.15, 0.2) is 5.78 Å². The van der Waals surface area contributed by atoms with E-state index in [-0.39, 0.29) is 18.0 Å². The zero-order valence-electron chi connectivity index (χ0n) is 15.9. The molecule has 3 unspecified atom stereocenters. The summed E-state index contributed by atoms with van der Waals surface area (Å²) < 4.78 is 11.6. The monoisotopic (exact) mass is 361 g/mol. The molecule has 5 heteroatoms. The molecule has 1 aliphatic carbocycles. The fourth-order valence-corrected chi connectivity index (χ4v) is 4.27. The van der Waals surface area contributed by atoms with Crippen molar-refractivity contribution in [3.8, 4) is 5.75 Å². The number of aliphatic hydroxyl groups is 1. The van der Waals surface area contributed by atoms with Gasteiger partial charge in [-0.15, -0.1) is 0 Å². The van der Waals surface area contributed by atoms with Crippen molar-refractivity contribution in [2.75, 3.05) is 26.8 Å². The minimum Gasteiger partial charge on any atom is -0.496 e. The Morgan fingerprint density at radius 1 is 1.27 bits per heavy atom. The molecular formula is C21H31NO4. The third-order valence-electron chi connectivity index (χ3n) is 5.70. The standard InChI is InChI=1S/C21H31NO4/c1-15(23)18-8-7-16(13-21(18)25-2)10-12-26-20-6-4-3-5-19(20)22-11-9-17(24)14-22/h7-8,13,17,19-20,24H,3-6,9-12,14H2,1-2H3. The van der Waals surface area contributed by atoms with Crippen LogP contribution in [-0.2, 0) is 11.2 Å². The van der Waals surface area contributed by atoms with Crippen LogP contribution in [0.3, 0.4) is 0 Å². The highest BCUT2D eigenvalue weighted by Crippen LogP contribution is 2.28. The minimum absolute atomic E-state index is 0.0162. The number of β-amino-alcohol motifs (C(OH)–C–C–N with tert-alkyl or cyclic N) is 1. The molecule has 1 saturated heterocycles. The van der Waals surface area contributed by atoms with Gasteiger partial charge in [0, 0.05) is 19.1 Å². The summed E-state index contributed by atoms with van der Waals surface area (Å²) in [6.07, 6.45) is 6.51. The van der Waals surface area contributed by atoms with Crippen molar-refractivity contribution in [3.63, 3.8) is 0 Å². The summed E-state index contributed by atoms with van der Waals surface area (Å²) in [6.45, 7) is 3.99. The van der Waals surface area contributed by atoms with E-state index >= 15 is 0 Å². The quantitative estimate of drug-likeness (QED) is 0.757. The fraction of sp³-hybridized carbons (Fsp3) is 0.667. The van der Waals surface area contributed by atoms with Crippen LogP contribution < -0.4 is 4.74 Å². The van der Waals surface area contributed by atoms with Crippen molar-refractivity contribution >= 4 is 5.78 Å². The van der Waals surface area contributed by atoms with Gasteiger partial charge in [-0.1, -0.05) is 18.9 Å². The number of ketones is 1. The van der Waals surface area contributed by atoms with E-state index in [1.54, 1.807) is 14.0 Å². The normalized spacial score (nSPS) is 26.8. The first kappa shape index (κ1) is 19.3. The van der Waals surface area contributed by atoms with Crippen LogP contribution in [0, 0.1) is 0 Å². The summed E-state index contributed by atoms with van der Waals surface area (Å²) in [5.74, 6) is 0.652. The number of carbonyl (C=O) groups excluding carboxylic acids is 1. The topological polar surface area (TPSA) is 59.0 Å². The molecule has 3 rings (SSSR count). The van der Waals surface area contributed by atoms with Crippen LogP contribution in [-0.4, -0.2) is 60.8 Å². The van der Waals surface area contributed by atoms with Crippen LogP contribution in [0.1, 0.15) is 54.9 Å². The first-order valence-electron chi connectivity index (χ1n) is 9.80. The molecule has 0 aromatic heterocycles. The molecule has 0 amide bonds. The zero-order chi connectivity index (χ0) is 18.5. The maximum absolute atomic E-state index is 11.6. The molecule has 0 bridgehead atoms. The molecule has 1 aromatic rings. The number of hydrogen-bond acceptors (Lipinski definition) is 5. The minimum atomic E-state index is -0.176. The van der Waals surface area contributed by atoms with E-state index in [4.69, 9.17) is 9.47 Å². The summed E-state index contributed by atoms with van der Waals surface area (Å²) in [7, 11) is 1.60. The average molecular weight is 361 g/mol. The zero-order valence-corrected chi connectivity index (χ0v) is 15.9. The Morgan fingerprint density at radius 2 is 2.08 bits per heavy atom. The summed E-state index contributed by atoms with van der Waals surface area (Å²) in [4.78, 5) is 14.0. The Kier molecular flexibility index (Phi) is 6.68. The van der Waals surface area contributed by atoms with Crippen LogP contribution in [0.4, 0.5) is 0 Å². The van der Waals surface area contributed by atoms with E-state index in [9.17, 15) is 9.90 Å². The Morgan fingerprint density at radius 3 is 2.77 bits per heavy atom. The van der Waals surface area contributed by atoms with Gasteiger partial charge in [-0.2, -0.15) is 0 Å². The number of aliphatic hydroxyl groups excluding tert-OH is 1. The van der Waals surface area contributed by atoms with E-state index < -0.39 is 0 Å². The molecule has 144 valence electrons. The number of nitrogens with zero attached hydrogens (tertiary/aromatic N) is 1. The maximum Gasteiger partial charge on any atom is 0.163 e. The van der Waals surface area contributed by atoms with E-state index in [2.05, 4.69) is 4.90 Å². The summed E-state index contributed by atoms with van der Waals surface area (Å²) in [5.41, 5.74) is 1.74. The van der Waals surface area contributed by atoms with Gasteiger partial charge in [0.1, 0.15) is 5.75 Å². The number of likely N-dealkylation sites (tertiary alicyclic amines) is 1. The molecule has 1 aliphatic heterocycles. The third kappa shape index (κ3) is 4.64. The van der Waals surface area contributed by atoms with Gasteiger partial charge in [-0.25, -0.2) is 0 Å². The fourth-order valence-electron chi connectivity index (χ4n) is 4.27. The van der Waals surface area contributed by atoms with Crippen LogP contribution in [0.25, 0.3) is 0 Å². The van der Waals surface area contributed by atoms with Crippen molar-refractivity contribution in [2.24, 2.45) is 0 Å². The molecule has 0 spiro atoms. The van der Waals surface area contributed by atoms with Crippen LogP contribution >= 0.6 is 0 Å². The van der Waals surface area contributed by atoms with Crippen molar-refractivity contribution < 1.29 is 19.4 Å². The molecule has 2 aliphatic rings. The molecule has 1 heterocycles. The second kappa shape index (κ2) is 8.98. The second-order valence-corrected chi connectivity index (χ2v) is 7.54. The van der Waals surface area contributed by atoms with Gasteiger partial charge < -0.3 is 14.6 Å². The number of benzene rings is 1. The van der Waals surface area contributed by atoms with Crippen molar-refractivity contribution in [3.05, 3.63) is 29.3 Å². The molecule has 5 nitrogen and oxygen atoms in total. The number of methoxy groups -OCH3 is 1. The summed E-state index contributed by atoms with van der Waals surface area (Å²) in [6, 6.07) is 6.20. The van der Waals surface area contributed by atoms with Crippen LogP contribution in [0.5, 0.6) is 5.75 Å².